The maximum absolute atomic E-state index is 12.4. The number of esters is 2. The predicted octanol–water partition coefficient (Wildman–Crippen LogP) is 12.0. The Labute approximate surface area is 300 Å². The molecule has 0 saturated heterocycles. The van der Waals surface area contributed by atoms with Crippen LogP contribution in [0.4, 0.5) is 0 Å². The van der Waals surface area contributed by atoms with E-state index in [4.69, 9.17) is 19.3 Å². The molecule has 8 nitrogen and oxygen atoms in total. The van der Waals surface area contributed by atoms with E-state index in [0.717, 1.165) is 51.4 Å². The summed E-state index contributed by atoms with van der Waals surface area (Å²) in [5.41, 5.74) is 0. The van der Waals surface area contributed by atoms with Gasteiger partial charge in [-0.05, 0) is 44.9 Å². The first kappa shape index (κ1) is 47.5. The van der Waals surface area contributed by atoms with Crippen LogP contribution >= 0.6 is 7.82 Å². The summed E-state index contributed by atoms with van der Waals surface area (Å²) < 4.78 is 26.3. The van der Waals surface area contributed by atoms with E-state index in [1.807, 2.05) is 0 Å². The molecule has 0 radical (unpaired) electrons. The molecule has 288 valence electrons. The molecule has 0 aromatic heterocycles. The molecule has 0 aliphatic carbocycles. The Kier molecular flexibility index (Phi) is 35.2. The summed E-state index contributed by atoms with van der Waals surface area (Å²) in [7, 11) is -4.75. The molecule has 49 heavy (non-hydrogen) atoms. The second kappa shape index (κ2) is 36.3. The first-order valence-electron chi connectivity index (χ1n) is 20.1. The highest BCUT2D eigenvalue weighted by Gasteiger charge is 2.22. The Morgan fingerprint density at radius 2 is 0.918 bits per heavy atom. The zero-order valence-corrected chi connectivity index (χ0v) is 32.5. The quantitative estimate of drug-likeness (QED) is 0.0282. The lowest BCUT2D eigenvalue weighted by Gasteiger charge is -2.18. The molecule has 0 heterocycles. The first-order valence-corrected chi connectivity index (χ1v) is 21.7. The minimum atomic E-state index is -4.75. The second-order valence-electron chi connectivity index (χ2n) is 13.6. The lowest BCUT2D eigenvalue weighted by Crippen LogP contribution is -2.29. The number of phosphoric ester groups is 1. The van der Waals surface area contributed by atoms with Gasteiger partial charge in [-0.2, -0.15) is 0 Å². The molecule has 0 bridgehead atoms. The summed E-state index contributed by atoms with van der Waals surface area (Å²) in [5, 5.41) is 0. The molecule has 2 N–H and O–H groups in total. The zero-order valence-electron chi connectivity index (χ0n) is 31.6. The molecule has 0 saturated carbocycles. The van der Waals surface area contributed by atoms with Gasteiger partial charge in [0.05, 0.1) is 6.61 Å². The Hall–Kier alpha value is -1.47. The van der Waals surface area contributed by atoms with Crippen molar-refractivity contribution in [3.63, 3.8) is 0 Å². The summed E-state index contributed by atoms with van der Waals surface area (Å²) in [5.74, 6) is -0.883. The lowest BCUT2D eigenvalue weighted by molar-refractivity contribution is -0.161. The highest BCUT2D eigenvalue weighted by molar-refractivity contribution is 7.46. The lowest BCUT2D eigenvalue weighted by atomic mass is 10.0. The van der Waals surface area contributed by atoms with Gasteiger partial charge < -0.3 is 19.3 Å². The van der Waals surface area contributed by atoms with Crippen LogP contribution in [0.25, 0.3) is 0 Å². The highest BCUT2D eigenvalue weighted by atomic mass is 31.2. The molecular weight excluding hydrogens is 639 g/mol. The molecule has 0 fully saturated rings. The summed E-state index contributed by atoms with van der Waals surface area (Å²) >= 11 is 0. The molecule has 0 unspecified atom stereocenters. The number of hydrogen-bond donors (Lipinski definition) is 2. The van der Waals surface area contributed by atoms with Crippen LogP contribution < -0.4 is 0 Å². The van der Waals surface area contributed by atoms with Gasteiger partial charge in [0.1, 0.15) is 6.61 Å². The van der Waals surface area contributed by atoms with Crippen LogP contribution in [0.5, 0.6) is 0 Å². The summed E-state index contributed by atoms with van der Waals surface area (Å²) in [6, 6.07) is 0. The smallest absolute Gasteiger partial charge is 0.462 e. The third-order valence-corrected chi connectivity index (χ3v) is 9.21. The van der Waals surface area contributed by atoms with Gasteiger partial charge in [0.2, 0.25) is 0 Å². The Balaban J connectivity index is 3.91. The van der Waals surface area contributed by atoms with Crippen LogP contribution in [0.1, 0.15) is 200 Å². The minimum absolute atomic E-state index is 0.210. The van der Waals surface area contributed by atoms with Gasteiger partial charge >= 0.3 is 19.8 Å². The van der Waals surface area contributed by atoms with Crippen molar-refractivity contribution in [2.75, 3.05) is 13.2 Å². The first-order chi connectivity index (χ1) is 23.8. The molecular formula is C40H75O8P. The van der Waals surface area contributed by atoms with Gasteiger partial charge in [-0.1, -0.05) is 167 Å². The van der Waals surface area contributed by atoms with Crippen molar-refractivity contribution in [1.82, 2.24) is 0 Å². The van der Waals surface area contributed by atoms with Crippen LogP contribution in [0.2, 0.25) is 0 Å². The van der Waals surface area contributed by atoms with Crippen LogP contribution in [0.3, 0.4) is 0 Å². The number of allylic oxidation sites excluding steroid dienone is 4. The molecule has 0 spiro atoms. The highest BCUT2D eigenvalue weighted by Crippen LogP contribution is 2.36. The molecule has 0 rings (SSSR count). The topological polar surface area (TPSA) is 119 Å². The van der Waals surface area contributed by atoms with Crippen molar-refractivity contribution in [2.24, 2.45) is 0 Å². The molecule has 0 aromatic rings. The van der Waals surface area contributed by atoms with Gasteiger partial charge in [-0.25, -0.2) is 4.57 Å². The van der Waals surface area contributed by atoms with Gasteiger partial charge in [0, 0.05) is 12.8 Å². The van der Waals surface area contributed by atoms with E-state index in [1.165, 1.54) is 116 Å². The third-order valence-electron chi connectivity index (χ3n) is 8.72. The number of ether oxygens (including phenoxy) is 2. The number of carbonyl (C=O) groups is 2. The zero-order chi connectivity index (χ0) is 36.1. The van der Waals surface area contributed by atoms with E-state index in [9.17, 15) is 14.2 Å². The average Bonchev–Trinajstić information content (AvgIpc) is 3.07. The van der Waals surface area contributed by atoms with Crippen molar-refractivity contribution < 1.29 is 37.9 Å². The maximum atomic E-state index is 12.4. The van der Waals surface area contributed by atoms with Crippen molar-refractivity contribution in [3.8, 4) is 0 Å². The fourth-order valence-corrected chi connectivity index (χ4v) is 6.06. The standard InChI is InChI=1S/C40H75O8P/c1-3-5-7-9-11-13-15-17-18-19-20-21-22-23-25-27-29-31-33-35-40(42)48-38(37-47-49(43,44)45)36-46-39(41)34-32-30-28-26-24-16-14-12-10-8-6-4-2/h11,13,17-18,38H,3-10,12,14-16,19-37H2,1-2H3,(H2,43,44,45)/b13-11-,18-17-/t38-/m1/s1. The predicted molar refractivity (Wildman–Crippen MR) is 202 cm³/mol. The van der Waals surface area contributed by atoms with E-state index in [-0.39, 0.29) is 19.4 Å². The van der Waals surface area contributed by atoms with E-state index < -0.39 is 32.5 Å². The third kappa shape index (κ3) is 39.2. The fourth-order valence-electron chi connectivity index (χ4n) is 5.70. The van der Waals surface area contributed by atoms with Gasteiger partial charge in [-0.3, -0.25) is 14.1 Å². The van der Waals surface area contributed by atoms with Crippen molar-refractivity contribution in [2.45, 2.75) is 206 Å². The molecule has 9 heteroatoms. The average molecular weight is 715 g/mol. The largest absolute Gasteiger partial charge is 0.469 e. The Bertz CT molecular complexity index is 853. The number of hydrogen-bond acceptors (Lipinski definition) is 6. The van der Waals surface area contributed by atoms with Crippen LogP contribution in [0.15, 0.2) is 24.3 Å². The van der Waals surface area contributed by atoms with Crippen LogP contribution in [-0.4, -0.2) is 41.0 Å². The van der Waals surface area contributed by atoms with E-state index in [0.29, 0.717) is 6.42 Å². The number of unbranched alkanes of at least 4 members (excludes halogenated alkanes) is 23. The summed E-state index contributed by atoms with van der Waals surface area (Å²) in [4.78, 5) is 42.7. The normalized spacial score (nSPS) is 12.7. The van der Waals surface area contributed by atoms with Crippen LogP contribution in [0, 0.1) is 0 Å². The monoisotopic (exact) mass is 715 g/mol. The van der Waals surface area contributed by atoms with Gasteiger partial charge in [0.25, 0.3) is 0 Å². The molecule has 1 atom stereocenters. The summed E-state index contributed by atoms with van der Waals surface area (Å²) in [6.45, 7) is 3.66. The Morgan fingerprint density at radius 1 is 0.531 bits per heavy atom. The molecule has 0 aliphatic heterocycles. The number of phosphoric acid groups is 1. The SMILES string of the molecule is CCCCC/C=C\C/C=C\CCCCCCCCCCCC(=O)O[C@H](COC(=O)CCCCCCCCCCCCCC)COP(=O)(O)O. The number of rotatable bonds is 37. The fraction of sp³-hybridized carbons (Fsp3) is 0.850. The van der Waals surface area contributed by atoms with E-state index in [2.05, 4.69) is 42.7 Å². The van der Waals surface area contributed by atoms with Crippen LogP contribution in [-0.2, 0) is 28.2 Å². The molecule has 0 aliphatic rings. The maximum Gasteiger partial charge on any atom is 0.469 e. The van der Waals surface area contributed by atoms with Crippen molar-refractivity contribution >= 4 is 19.8 Å². The van der Waals surface area contributed by atoms with E-state index >= 15 is 0 Å². The van der Waals surface area contributed by atoms with Crippen molar-refractivity contribution in [1.29, 1.82) is 0 Å². The van der Waals surface area contributed by atoms with E-state index in [1.54, 1.807) is 0 Å². The molecule has 0 amide bonds. The summed E-state index contributed by atoms with van der Waals surface area (Å²) in [6.07, 6.45) is 40.4. The molecule has 0 aromatic carbocycles. The van der Waals surface area contributed by atoms with Gasteiger partial charge in [0.15, 0.2) is 6.10 Å². The van der Waals surface area contributed by atoms with Crippen molar-refractivity contribution in [3.05, 3.63) is 24.3 Å². The number of carbonyl (C=O) groups excluding carboxylic acids is 2. The minimum Gasteiger partial charge on any atom is -0.462 e. The Morgan fingerprint density at radius 3 is 1.39 bits per heavy atom. The second-order valence-corrected chi connectivity index (χ2v) is 14.9. The van der Waals surface area contributed by atoms with Gasteiger partial charge in [-0.15, -0.1) is 0 Å².